The summed E-state index contributed by atoms with van der Waals surface area (Å²) in [5.74, 6) is 1.14. The van der Waals surface area contributed by atoms with E-state index in [-0.39, 0.29) is 5.82 Å². The molecule has 0 amide bonds. The molecule has 1 aliphatic rings. The Labute approximate surface area is 132 Å². The molecule has 1 aromatic carbocycles. The van der Waals surface area contributed by atoms with E-state index in [1.54, 1.807) is 24.7 Å². The van der Waals surface area contributed by atoms with Gasteiger partial charge in [0, 0.05) is 31.0 Å². The van der Waals surface area contributed by atoms with Crippen molar-refractivity contribution in [3.8, 4) is 11.6 Å². The van der Waals surface area contributed by atoms with Crippen molar-refractivity contribution >= 4 is 5.69 Å². The molecule has 5 nitrogen and oxygen atoms in total. The molecule has 6 heteroatoms. The average molecular weight is 310 g/mol. The van der Waals surface area contributed by atoms with Crippen LogP contribution in [0.2, 0.25) is 0 Å². The van der Waals surface area contributed by atoms with Crippen molar-refractivity contribution in [2.24, 2.45) is 0 Å². The summed E-state index contributed by atoms with van der Waals surface area (Å²) in [6, 6.07) is 5.07. The Morgan fingerprint density at radius 2 is 2.13 bits per heavy atom. The molecule has 0 unspecified atom stereocenters. The third-order valence-corrected chi connectivity index (χ3v) is 3.90. The lowest BCUT2D eigenvalue weighted by Gasteiger charge is -2.27. The van der Waals surface area contributed by atoms with Gasteiger partial charge < -0.3 is 9.32 Å². The Morgan fingerprint density at radius 1 is 1.22 bits per heavy atom. The molecule has 3 heterocycles. The van der Waals surface area contributed by atoms with E-state index in [9.17, 15) is 4.39 Å². The van der Waals surface area contributed by atoms with Gasteiger partial charge in [-0.1, -0.05) is 0 Å². The van der Waals surface area contributed by atoms with Crippen LogP contribution >= 0.6 is 0 Å². The summed E-state index contributed by atoms with van der Waals surface area (Å²) in [7, 11) is 0. The fourth-order valence-corrected chi connectivity index (χ4v) is 2.84. The summed E-state index contributed by atoms with van der Waals surface area (Å²) in [6.45, 7) is 3.26. The number of hydrogen-bond acceptors (Lipinski definition) is 5. The maximum atomic E-state index is 13.6. The van der Waals surface area contributed by atoms with Crippen molar-refractivity contribution in [1.82, 2.24) is 15.0 Å². The summed E-state index contributed by atoms with van der Waals surface area (Å²) in [4.78, 5) is 14.9. The smallest absolute Gasteiger partial charge is 0.247 e. The van der Waals surface area contributed by atoms with Gasteiger partial charge in [0.05, 0.1) is 12.7 Å². The molecule has 0 saturated carbocycles. The molecule has 0 aliphatic carbocycles. The van der Waals surface area contributed by atoms with E-state index < -0.39 is 0 Å². The Bertz CT molecular complexity index is 827. The van der Waals surface area contributed by atoms with Crippen LogP contribution in [0, 0.1) is 12.7 Å². The van der Waals surface area contributed by atoms with E-state index in [1.807, 2.05) is 13.0 Å². The first-order valence-corrected chi connectivity index (χ1v) is 7.46. The minimum atomic E-state index is -0.216. The fraction of sp³-hybridized carbons (Fsp3) is 0.235. The summed E-state index contributed by atoms with van der Waals surface area (Å²) < 4.78 is 19.4. The molecule has 0 saturated heterocycles. The molecule has 0 radical (unpaired) electrons. The van der Waals surface area contributed by atoms with Crippen molar-refractivity contribution < 1.29 is 8.81 Å². The largest absolute Gasteiger partial charge is 0.439 e. The van der Waals surface area contributed by atoms with Crippen LogP contribution in [-0.2, 0) is 13.0 Å². The first kappa shape index (κ1) is 13.9. The van der Waals surface area contributed by atoms with Crippen molar-refractivity contribution in [3.63, 3.8) is 0 Å². The van der Waals surface area contributed by atoms with Crippen molar-refractivity contribution in [1.29, 1.82) is 0 Å². The average Bonchev–Trinajstić information content (AvgIpc) is 2.98. The maximum Gasteiger partial charge on any atom is 0.247 e. The molecule has 0 N–H and O–H groups in total. The summed E-state index contributed by atoms with van der Waals surface area (Å²) in [5.41, 5.74) is 3.28. The molecule has 3 aromatic rings. The van der Waals surface area contributed by atoms with Crippen LogP contribution < -0.4 is 4.90 Å². The number of oxazole rings is 1. The Kier molecular flexibility index (Phi) is 3.29. The molecule has 116 valence electrons. The predicted octanol–water partition coefficient (Wildman–Crippen LogP) is 3.14. The van der Waals surface area contributed by atoms with Gasteiger partial charge in [-0.3, -0.25) is 4.98 Å². The van der Waals surface area contributed by atoms with Crippen molar-refractivity contribution in [2.75, 3.05) is 11.4 Å². The second kappa shape index (κ2) is 5.46. The molecule has 2 aromatic heterocycles. The van der Waals surface area contributed by atoms with Crippen LogP contribution in [0.1, 0.15) is 17.0 Å². The monoisotopic (exact) mass is 310 g/mol. The van der Waals surface area contributed by atoms with E-state index in [1.165, 1.54) is 6.07 Å². The van der Waals surface area contributed by atoms with Crippen LogP contribution in [0.15, 0.2) is 41.2 Å². The summed E-state index contributed by atoms with van der Waals surface area (Å²) >= 11 is 0. The van der Waals surface area contributed by atoms with Crippen LogP contribution in [0.3, 0.4) is 0 Å². The van der Waals surface area contributed by atoms with Gasteiger partial charge in [-0.05, 0) is 30.7 Å². The number of fused-ring (bicyclic) bond motifs is 1. The Balaban J connectivity index is 1.63. The molecule has 1 aliphatic heterocycles. The maximum absolute atomic E-state index is 13.6. The molecule has 0 spiro atoms. The number of aromatic nitrogens is 3. The number of anilines is 1. The van der Waals surface area contributed by atoms with E-state index in [4.69, 9.17) is 4.42 Å². The molecule has 0 atom stereocenters. The highest BCUT2D eigenvalue weighted by atomic mass is 19.1. The number of nitrogens with zero attached hydrogens (tertiary/aromatic N) is 4. The van der Waals surface area contributed by atoms with Gasteiger partial charge in [0.1, 0.15) is 23.0 Å². The second-order valence-electron chi connectivity index (χ2n) is 5.64. The zero-order valence-corrected chi connectivity index (χ0v) is 12.7. The van der Waals surface area contributed by atoms with E-state index in [0.717, 1.165) is 35.7 Å². The second-order valence-corrected chi connectivity index (χ2v) is 5.64. The molecule has 4 rings (SSSR count). The van der Waals surface area contributed by atoms with Gasteiger partial charge in [-0.2, -0.15) is 0 Å². The topological polar surface area (TPSA) is 55.1 Å². The number of aryl methyl sites for hydroxylation is 1. The van der Waals surface area contributed by atoms with Gasteiger partial charge in [0.25, 0.3) is 0 Å². The summed E-state index contributed by atoms with van der Waals surface area (Å²) in [5, 5.41) is 0. The minimum Gasteiger partial charge on any atom is -0.439 e. The SMILES string of the molecule is Cc1cc(F)cc(N2CCc3oc(-c4cnccn4)nc3C2)c1. The normalized spacial score (nSPS) is 13.9. The number of benzene rings is 1. The highest BCUT2D eigenvalue weighted by molar-refractivity contribution is 5.52. The van der Waals surface area contributed by atoms with Crippen LogP contribution in [0.25, 0.3) is 11.6 Å². The van der Waals surface area contributed by atoms with Crippen LogP contribution in [0.4, 0.5) is 10.1 Å². The van der Waals surface area contributed by atoms with Gasteiger partial charge in [0.2, 0.25) is 5.89 Å². The quantitative estimate of drug-likeness (QED) is 0.728. The highest BCUT2D eigenvalue weighted by Crippen LogP contribution is 2.28. The minimum absolute atomic E-state index is 0.216. The molecule has 23 heavy (non-hydrogen) atoms. The molecular formula is C17H15FN4O. The Hall–Kier alpha value is -2.76. The molecular weight excluding hydrogens is 295 g/mol. The number of rotatable bonds is 2. The van der Waals surface area contributed by atoms with Crippen LogP contribution in [0.5, 0.6) is 0 Å². The van der Waals surface area contributed by atoms with Gasteiger partial charge in [0.15, 0.2) is 0 Å². The molecule has 0 bridgehead atoms. The predicted molar refractivity (Wildman–Crippen MR) is 83.4 cm³/mol. The van der Waals surface area contributed by atoms with E-state index >= 15 is 0 Å². The van der Waals surface area contributed by atoms with E-state index in [0.29, 0.717) is 18.1 Å². The zero-order valence-electron chi connectivity index (χ0n) is 12.7. The van der Waals surface area contributed by atoms with Gasteiger partial charge >= 0.3 is 0 Å². The third kappa shape index (κ3) is 2.67. The van der Waals surface area contributed by atoms with Gasteiger partial charge in [-0.25, -0.2) is 14.4 Å². The lowest BCUT2D eigenvalue weighted by atomic mass is 10.1. The Morgan fingerprint density at radius 3 is 2.91 bits per heavy atom. The van der Waals surface area contributed by atoms with Gasteiger partial charge in [-0.15, -0.1) is 0 Å². The first-order chi connectivity index (χ1) is 11.2. The number of hydrogen-bond donors (Lipinski definition) is 0. The fourth-order valence-electron chi connectivity index (χ4n) is 2.84. The standard InChI is InChI=1S/C17H15FN4O/c1-11-6-12(18)8-13(7-11)22-5-2-16-15(10-22)21-17(23-16)14-9-19-3-4-20-14/h3-4,6-9H,2,5,10H2,1H3. The van der Waals surface area contributed by atoms with Crippen molar-refractivity contribution in [2.45, 2.75) is 19.9 Å². The highest BCUT2D eigenvalue weighted by Gasteiger charge is 2.23. The lowest BCUT2D eigenvalue weighted by Crippen LogP contribution is -2.30. The third-order valence-electron chi connectivity index (χ3n) is 3.90. The van der Waals surface area contributed by atoms with Crippen molar-refractivity contribution in [3.05, 3.63) is 59.6 Å². The van der Waals surface area contributed by atoms with E-state index in [2.05, 4.69) is 19.9 Å². The lowest BCUT2D eigenvalue weighted by molar-refractivity contribution is 0.497. The zero-order chi connectivity index (χ0) is 15.8. The summed E-state index contributed by atoms with van der Waals surface area (Å²) in [6.07, 6.45) is 5.59. The van der Waals surface area contributed by atoms with Crippen LogP contribution in [-0.4, -0.2) is 21.5 Å². The number of halogens is 1. The first-order valence-electron chi connectivity index (χ1n) is 7.46. The molecule has 0 fully saturated rings.